The monoisotopic (exact) mass is 248 g/mol. The van der Waals surface area contributed by atoms with Crippen LogP contribution >= 0.6 is 0 Å². The SMILES string of the molecule is CN1CCOC1c1ccc(C2OCCN2C)cc1. The molecule has 2 aliphatic heterocycles. The number of hydrogen-bond acceptors (Lipinski definition) is 4. The van der Waals surface area contributed by atoms with E-state index in [1.165, 1.54) is 11.1 Å². The Kier molecular flexibility index (Phi) is 3.35. The Hall–Kier alpha value is -0.940. The summed E-state index contributed by atoms with van der Waals surface area (Å²) in [7, 11) is 4.19. The summed E-state index contributed by atoms with van der Waals surface area (Å²) in [5.41, 5.74) is 2.44. The van der Waals surface area contributed by atoms with E-state index >= 15 is 0 Å². The molecule has 18 heavy (non-hydrogen) atoms. The van der Waals surface area contributed by atoms with Gasteiger partial charge in [-0.2, -0.15) is 0 Å². The zero-order valence-corrected chi connectivity index (χ0v) is 11.0. The van der Waals surface area contributed by atoms with Crippen LogP contribution in [-0.2, 0) is 9.47 Å². The van der Waals surface area contributed by atoms with Crippen LogP contribution in [0.2, 0.25) is 0 Å². The van der Waals surface area contributed by atoms with Gasteiger partial charge in [0, 0.05) is 13.1 Å². The lowest BCUT2D eigenvalue weighted by molar-refractivity contribution is 0.0425. The van der Waals surface area contributed by atoms with Gasteiger partial charge in [0.2, 0.25) is 0 Å². The molecule has 2 heterocycles. The molecule has 0 bridgehead atoms. The quantitative estimate of drug-likeness (QED) is 0.794. The number of ether oxygens (including phenoxy) is 2. The van der Waals surface area contributed by atoms with Crippen molar-refractivity contribution < 1.29 is 9.47 Å². The average Bonchev–Trinajstić information content (AvgIpc) is 2.98. The fourth-order valence-electron chi connectivity index (χ4n) is 2.63. The molecule has 0 spiro atoms. The maximum Gasteiger partial charge on any atom is 0.136 e. The minimum absolute atomic E-state index is 0.112. The van der Waals surface area contributed by atoms with Crippen molar-refractivity contribution in [2.24, 2.45) is 0 Å². The summed E-state index contributed by atoms with van der Waals surface area (Å²) >= 11 is 0. The molecule has 2 atom stereocenters. The molecular formula is C14H20N2O2. The standard InChI is InChI=1S/C14H20N2O2/c1-15-7-9-17-13(15)11-3-5-12(6-4-11)14-16(2)8-10-18-14/h3-6,13-14H,7-10H2,1-2H3. The molecule has 2 unspecified atom stereocenters. The highest BCUT2D eigenvalue weighted by Gasteiger charge is 2.25. The molecule has 0 saturated carbocycles. The Balaban J connectivity index is 1.76. The average molecular weight is 248 g/mol. The molecule has 0 N–H and O–H groups in total. The lowest BCUT2D eigenvalue weighted by Gasteiger charge is -2.21. The van der Waals surface area contributed by atoms with Gasteiger partial charge in [0.1, 0.15) is 12.5 Å². The van der Waals surface area contributed by atoms with Crippen LogP contribution in [0.3, 0.4) is 0 Å². The largest absolute Gasteiger partial charge is 0.358 e. The maximum atomic E-state index is 5.72. The number of nitrogens with zero attached hydrogens (tertiary/aromatic N) is 2. The maximum absolute atomic E-state index is 5.72. The summed E-state index contributed by atoms with van der Waals surface area (Å²) in [5, 5.41) is 0. The van der Waals surface area contributed by atoms with Crippen LogP contribution in [0.15, 0.2) is 24.3 Å². The van der Waals surface area contributed by atoms with Crippen LogP contribution in [0.1, 0.15) is 23.6 Å². The minimum Gasteiger partial charge on any atom is -0.358 e. The van der Waals surface area contributed by atoms with Gasteiger partial charge in [-0.25, -0.2) is 0 Å². The van der Waals surface area contributed by atoms with Gasteiger partial charge in [-0.05, 0) is 25.2 Å². The molecule has 2 fully saturated rings. The summed E-state index contributed by atoms with van der Waals surface area (Å²) in [4.78, 5) is 4.46. The van der Waals surface area contributed by atoms with Gasteiger partial charge in [-0.1, -0.05) is 24.3 Å². The lowest BCUT2D eigenvalue weighted by atomic mass is 10.1. The van der Waals surface area contributed by atoms with E-state index in [1.54, 1.807) is 0 Å². The molecular weight excluding hydrogens is 228 g/mol. The van der Waals surface area contributed by atoms with Crippen molar-refractivity contribution in [2.75, 3.05) is 40.4 Å². The van der Waals surface area contributed by atoms with Crippen LogP contribution in [0, 0.1) is 0 Å². The summed E-state index contributed by atoms with van der Waals surface area (Å²) < 4.78 is 11.4. The lowest BCUT2D eigenvalue weighted by Crippen LogP contribution is -2.19. The van der Waals surface area contributed by atoms with E-state index in [0.29, 0.717) is 0 Å². The predicted octanol–water partition coefficient (Wildman–Crippen LogP) is 1.61. The number of hydrogen-bond donors (Lipinski definition) is 0. The van der Waals surface area contributed by atoms with Crippen LogP contribution in [0.5, 0.6) is 0 Å². The second-order valence-electron chi connectivity index (χ2n) is 5.07. The Morgan fingerprint density at radius 2 is 1.22 bits per heavy atom. The van der Waals surface area contributed by atoms with Crippen molar-refractivity contribution in [1.82, 2.24) is 9.80 Å². The molecule has 98 valence electrons. The third-order valence-corrected chi connectivity index (χ3v) is 3.75. The molecule has 1 aromatic carbocycles. The third-order valence-electron chi connectivity index (χ3n) is 3.75. The highest BCUT2D eigenvalue weighted by Crippen LogP contribution is 2.29. The summed E-state index contributed by atoms with van der Waals surface area (Å²) in [6.45, 7) is 3.64. The molecule has 3 rings (SSSR count). The second-order valence-corrected chi connectivity index (χ2v) is 5.07. The van der Waals surface area contributed by atoms with Gasteiger partial charge >= 0.3 is 0 Å². The Bertz CT molecular complexity index is 368. The van der Waals surface area contributed by atoms with Crippen molar-refractivity contribution in [1.29, 1.82) is 0 Å². The number of likely N-dealkylation sites (N-methyl/N-ethyl adjacent to an activating group) is 2. The van der Waals surface area contributed by atoms with E-state index in [-0.39, 0.29) is 12.5 Å². The summed E-state index contributed by atoms with van der Waals surface area (Å²) in [6, 6.07) is 8.60. The first kappa shape index (κ1) is 12.1. The zero-order chi connectivity index (χ0) is 12.5. The van der Waals surface area contributed by atoms with E-state index in [4.69, 9.17) is 9.47 Å². The number of benzene rings is 1. The van der Waals surface area contributed by atoms with E-state index in [1.807, 2.05) is 0 Å². The van der Waals surface area contributed by atoms with E-state index in [2.05, 4.69) is 48.2 Å². The van der Waals surface area contributed by atoms with Crippen molar-refractivity contribution in [3.05, 3.63) is 35.4 Å². The van der Waals surface area contributed by atoms with Crippen LogP contribution < -0.4 is 0 Å². The molecule has 2 saturated heterocycles. The molecule has 1 aromatic rings. The van der Waals surface area contributed by atoms with Gasteiger partial charge in [0.15, 0.2) is 0 Å². The van der Waals surface area contributed by atoms with Crippen LogP contribution in [-0.4, -0.2) is 50.2 Å². The highest BCUT2D eigenvalue weighted by atomic mass is 16.5. The topological polar surface area (TPSA) is 24.9 Å². The molecule has 0 amide bonds. The molecule has 4 heteroatoms. The van der Waals surface area contributed by atoms with E-state index in [9.17, 15) is 0 Å². The fourth-order valence-corrected chi connectivity index (χ4v) is 2.63. The van der Waals surface area contributed by atoms with E-state index in [0.717, 1.165) is 26.3 Å². The Morgan fingerprint density at radius 1 is 0.833 bits per heavy atom. The van der Waals surface area contributed by atoms with Gasteiger partial charge in [0.05, 0.1) is 13.2 Å². The van der Waals surface area contributed by atoms with E-state index < -0.39 is 0 Å². The molecule has 0 aromatic heterocycles. The van der Waals surface area contributed by atoms with Gasteiger partial charge < -0.3 is 9.47 Å². The van der Waals surface area contributed by atoms with Crippen molar-refractivity contribution >= 4 is 0 Å². The number of rotatable bonds is 2. The predicted molar refractivity (Wildman–Crippen MR) is 69.1 cm³/mol. The smallest absolute Gasteiger partial charge is 0.136 e. The van der Waals surface area contributed by atoms with Crippen molar-refractivity contribution in [3.63, 3.8) is 0 Å². The molecule has 0 aliphatic carbocycles. The molecule has 0 radical (unpaired) electrons. The first-order valence-corrected chi connectivity index (χ1v) is 6.49. The summed E-state index contributed by atoms with van der Waals surface area (Å²) in [5.74, 6) is 0. The molecule has 2 aliphatic rings. The second kappa shape index (κ2) is 4.97. The van der Waals surface area contributed by atoms with Gasteiger partial charge in [0.25, 0.3) is 0 Å². The minimum atomic E-state index is 0.112. The highest BCUT2D eigenvalue weighted by molar-refractivity contribution is 5.26. The van der Waals surface area contributed by atoms with Gasteiger partial charge in [-0.15, -0.1) is 0 Å². The normalized spacial score (nSPS) is 30.1. The zero-order valence-electron chi connectivity index (χ0n) is 11.0. The summed E-state index contributed by atoms with van der Waals surface area (Å²) in [6.07, 6.45) is 0.225. The third kappa shape index (κ3) is 2.17. The Morgan fingerprint density at radius 3 is 1.50 bits per heavy atom. The molecule has 4 nitrogen and oxygen atoms in total. The van der Waals surface area contributed by atoms with Crippen LogP contribution in [0.4, 0.5) is 0 Å². The first-order chi connectivity index (χ1) is 8.75. The van der Waals surface area contributed by atoms with Crippen molar-refractivity contribution in [3.8, 4) is 0 Å². The van der Waals surface area contributed by atoms with Crippen molar-refractivity contribution in [2.45, 2.75) is 12.5 Å². The van der Waals surface area contributed by atoms with Gasteiger partial charge in [-0.3, -0.25) is 9.80 Å². The first-order valence-electron chi connectivity index (χ1n) is 6.49. The van der Waals surface area contributed by atoms with Crippen LogP contribution in [0.25, 0.3) is 0 Å². The fraction of sp³-hybridized carbons (Fsp3) is 0.571. The Labute approximate surface area is 108 Å².